The monoisotopic (exact) mass is 399 g/mol. The average Bonchev–Trinajstić information content (AvgIpc) is 2.62. The molecule has 0 aromatic heterocycles. The number of hydrogen-bond acceptors (Lipinski definition) is 3. The highest BCUT2D eigenvalue weighted by molar-refractivity contribution is 9.10. The number of carbonyl (C=O) groups excluding carboxylic acids is 2. The van der Waals surface area contributed by atoms with E-state index >= 15 is 0 Å². The maximum atomic E-state index is 12.1. The largest absolute Gasteiger partial charge is 0.340 e. The van der Waals surface area contributed by atoms with Crippen molar-refractivity contribution in [2.75, 3.05) is 0 Å². The van der Waals surface area contributed by atoms with Crippen LogP contribution in [0, 0.1) is 0 Å². The van der Waals surface area contributed by atoms with E-state index in [1.807, 2.05) is 42.5 Å². The molecule has 0 aliphatic carbocycles. The van der Waals surface area contributed by atoms with E-state index in [0.29, 0.717) is 10.0 Å². The maximum Gasteiger partial charge on any atom is 0.262 e. The second-order valence-electron chi connectivity index (χ2n) is 5.20. The second-order valence-corrected chi connectivity index (χ2v) is 6.05. The van der Waals surface area contributed by atoms with Crippen molar-refractivity contribution in [1.29, 1.82) is 0 Å². The number of halogens is 1. The third-order valence-electron chi connectivity index (χ3n) is 3.28. The predicted molar refractivity (Wildman–Crippen MR) is 103 cm³/mol. The Morgan fingerprint density at radius 3 is 2.48 bits per heavy atom. The van der Waals surface area contributed by atoms with Crippen LogP contribution in [0.3, 0.4) is 0 Å². The van der Waals surface area contributed by atoms with E-state index in [1.54, 1.807) is 31.2 Å². The zero-order valence-electron chi connectivity index (χ0n) is 13.6. The molecule has 1 unspecified atom stereocenters. The minimum absolute atomic E-state index is 0.330. The minimum atomic E-state index is -0.713. The van der Waals surface area contributed by atoms with E-state index in [0.717, 1.165) is 5.56 Å². The Labute approximate surface area is 155 Å². The number of hydrogen-bond donors (Lipinski definition) is 2. The van der Waals surface area contributed by atoms with Gasteiger partial charge >= 0.3 is 0 Å². The lowest BCUT2D eigenvalue weighted by Crippen LogP contribution is -2.43. The number of amides is 2. The Hall–Kier alpha value is -2.73. The third-order valence-corrected chi connectivity index (χ3v) is 3.97. The lowest BCUT2D eigenvalue weighted by atomic mass is 10.2. The summed E-state index contributed by atoms with van der Waals surface area (Å²) in [6, 6.07) is 16.0. The van der Waals surface area contributed by atoms with Crippen molar-refractivity contribution in [3.63, 3.8) is 0 Å². The Bertz CT molecular complexity index is 788. The number of carbonyl (C=O) groups is 2. The molecule has 1 atom stereocenters. The fourth-order valence-electron chi connectivity index (χ4n) is 1.94. The van der Waals surface area contributed by atoms with Gasteiger partial charge < -0.3 is 5.32 Å². The van der Waals surface area contributed by atoms with Gasteiger partial charge in [-0.1, -0.05) is 48.5 Å². The number of benzene rings is 2. The summed E-state index contributed by atoms with van der Waals surface area (Å²) in [4.78, 5) is 24.1. The Balaban J connectivity index is 1.82. The van der Waals surface area contributed by atoms with E-state index in [2.05, 4.69) is 31.8 Å². The zero-order chi connectivity index (χ0) is 18.1. The first-order valence-electron chi connectivity index (χ1n) is 7.68. The van der Waals surface area contributed by atoms with Crippen LogP contribution in [0.2, 0.25) is 0 Å². The molecule has 6 heteroatoms. The Morgan fingerprint density at radius 1 is 1.08 bits per heavy atom. The topological polar surface area (TPSA) is 70.6 Å². The van der Waals surface area contributed by atoms with Gasteiger partial charge in [-0.15, -0.1) is 0 Å². The normalized spacial score (nSPS) is 12.2. The molecule has 5 nitrogen and oxygen atoms in total. The van der Waals surface area contributed by atoms with Gasteiger partial charge in [-0.25, -0.2) is 5.43 Å². The smallest absolute Gasteiger partial charge is 0.262 e. The molecule has 0 fully saturated rings. The molecule has 2 aromatic carbocycles. The molecule has 0 saturated carbocycles. The summed E-state index contributed by atoms with van der Waals surface area (Å²) in [7, 11) is 0. The van der Waals surface area contributed by atoms with Crippen LogP contribution < -0.4 is 10.7 Å². The fraction of sp³-hybridized carbons (Fsp3) is 0.105. The highest BCUT2D eigenvalue weighted by atomic mass is 79.9. The van der Waals surface area contributed by atoms with Crippen LogP contribution in [-0.4, -0.2) is 24.1 Å². The predicted octanol–water partition coefficient (Wildman–Crippen LogP) is 3.38. The summed E-state index contributed by atoms with van der Waals surface area (Å²) in [5, 5.41) is 6.46. The molecule has 0 heterocycles. The summed E-state index contributed by atoms with van der Waals surface area (Å²) in [6.45, 7) is 1.60. The summed E-state index contributed by atoms with van der Waals surface area (Å²) in [6.07, 6.45) is 5.07. The molecule has 2 amide bonds. The Kier molecular flexibility index (Phi) is 7.10. The minimum Gasteiger partial charge on any atom is -0.340 e. The van der Waals surface area contributed by atoms with Crippen molar-refractivity contribution >= 4 is 40.0 Å². The third kappa shape index (κ3) is 6.00. The molecular weight excluding hydrogens is 382 g/mol. The van der Waals surface area contributed by atoms with Crippen molar-refractivity contribution in [2.24, 2.45) is 5.10 Å². The summed E-state index contributed by atoms with van der Waals surface area (Å²) in [5.74, 6) is -0.729. The first kappa shape index (κ1) is 18.6. The van der Waals surface area contributed by atoms with E-state index in [1.165, 1.54) is 6.21 Å². The highest BCUT2D eigenvalue weighted by Gasteiger charge is 2.17. The van der Waals surface area contributed by atoms with E-state index < -0.39 is 11.9 Å². The summed E-state index contributed by atoms with van der Waals surface area (Å²) in [5.41, 5.74) is 3.90. The van der Waals surface area contributed by atoms with Crippen LogP contribution in [0.4, 0.5) is 0 Å². The zero-order valence-corrected chi connectivity index (χ0v) is 15.2. The van der Waals surface area contributed by atoms with Gasteiger partial charge in [0.2, 0.25) is 0 Å². The van der Waals surface area contributed by atoms with Gasteiger partial charge in [-0.2, -0.15) is 5.10 Å². The lowest BCUT2D eigenvalue weighted by Gasteiger charge is -2.12. The number of rotatable bonds is 6. The quantitative estimate of drug-likeness (QED) is 0.577. The van der Waals surface area contributed by atoms with Crippen LogP contribution in [0.1, 0.15) is 22.8 Å². The fourth-order valence-corrected chi connectivity index (χ4v) is 2.41. The van der Waals surface area contributed by atoms with Crippen LogP contribution in [-0.2, 0) is 4.79 Å². The van der Waals surface area contributed by atoms with Crippen molar-refractivity contribution < 1.29 is 9.59 Å². The lowest BCUT2D eigenvalue weighted by molar-refractivity contribution is -0.122. The van der Waals surface area contributed by atoms with Crippen LogP contribution in [0.25, 0.3) is 6.08 Å². The molecule has 25 heavy (non-hydrogen) atoms. The van der Waals surface area contributed by atoms with Gasteiger partial charge in [0.15, 0.2) is 0 Å². The molecule has 0 bridgehead atoms. The number of nitrogens with zero attached hydrogens (tertiary/aromatic N) is 1. The molecule has 0 aliphatic rings. The number of allylic oxidation sites excluding steroid dienone is 1. The highest BCUT2D eigenvalue weighted by Crippen LogP contribution is 2.15. The summed E-state index contributed by atoms with van der Waals surface area (Å²) >= 11 is 3.31. The van der Waals surface area contributed by atoms with Crippen LogP contribution >= 0.6 is 15.9 Å². The van der Waals surface area contributed by atoms with Gasteiger partial charge in [0.05, 0.1) is 5.56 Å². The number of nitrogens with one attached hydrogen (secondary N) is 2. The Morgan fingerprint density at radius 2 is 1.76 bits per heavy atom. The van der Waals surface area contributed by atoms with Gasteiger partial charge in [-0.3, -0.25) is 9.59 Å². The average molecular weight is 400 g/mol. The van der Waals surface area contributed by atoms with E-state index in [-0.39, 0.29) is 5.91 Å². The number of hydrazone groups is 1. The molecular formula is C19H18BrN3O2. The molecule has 2 aromatic rings. The molecule has 128 valence electrons. The van der Waals surface area contributed by atoms with Crippen LogP contribution in [0.15, 0.2) is 70.2 Å². The van der Waals surface area contributed by atoms with Crippen molar-refractivity contribution in [3.8, 4) is 0 Å². The maximum absolute atomic E-state index is 12.1. The van der Waals surface area contributed by atoms with E-state index in [9.17, 15) is 9.59 Å². The molecule has 0 radical (unpaired) electrons. The van der Waals surface area contributed by atoms with Gasteiger partial charge in [0.25, 0.3) is 11.8 Å². The van der Waals surface area contributed by atoms with Crippen molar-refractivity contribution in [2.45, 2.75) is 13.0 Å². The molecule has 0 saturated heterocycles. The van der Waals surface area contributed by atoms with Crippen molar-refractivity contribution in [3.05, 3.63) is 76.3 Å². The molecule has 0 aliphatic heterocycles. The standard InChI is InChI=1S/C19H18BrN3O2/c1-14(22-19(25)16-11-5-6-12-17(16)20)18(24)23-21-13-7-10-15-8-3-2-4-9-15/h2-14H,1H3,(H,22,25)(H,23,24). The molecule has 2 rings (SSSR count). The van der Waals surface area contributed by atoms with Gasteiger partial charge in [0, 0.05) is 10.7 Å². The van der Waals surface area contributed by atoms with Gasteiger partial charge in [-0.05, 0) is 46.6 Å². The van der Waals surface area contributed by atoms with E-state index in [4.69, 9.17) is 0 Å². The first-order chi connectivity index (χ1) is 12.1. The first-order valence-corrected chi connectivity index (χ1v) is 8.47. The molecule has 2 N–H and O–H groups in total. The van der Waals surface area contributed by atoms with Crippen LogP contribution in [0.5, 0.6) is 0 Å². The molecule has 0 spiro atoms. The summed E-state index contributed by atoms with van der Waals surface area (Å²) < 4.78 is 0.671. The second kappa shape index (κ2) is 9.54. The van der Waals surface area contributed by atoms with Gasteiger partial charge in [0.1, 0.15) is 6.04 Å². The SMILES string of the molecule is CC(NC(=O)c1ccccc1Br)C(=O)NN=CC=Cc1ccccc1. The van der Waals surface area contributed by atoms with Crippen molar-refractivity contribution in [1.82, 2.24) is 10.7 Å².